The van der Waals surface area contributed by atoms with Gasteiger partial charge in [-0.2, -0.15) is 0 Å². The molecule has 1 atom stereocenters. The first-order valence-electron chi connectivity index (χ1n) is 7.32. The Kier molecular flexibility index (Phi) is 3.67. The van der Waals surface area contributed by atoms with Crippen molar-refractivity contribution in [3.63, 3.8) is 0 Å². The molecule has 2 amide bonds. The van der Waals surface area contributed by atoms with Crippen LogP contribution in [0.2, 0.25) is 0 Å². The number of carbonyl (C=O) groups excluding carboxylic acids is 2. The van der Waals surface area contributed by atoms with Crippen molar-refractivity contribution in [2.75, 3.05) is 10.2 Å². The van der Waals surface area contributed by atoms with Gasteiger partial charge in [0.25, 0.3) is 0 Å². The highest BCUT2D eigenvalue weighted by Gasteiger charge is 2.32. The second-order valence-corrected chi connectivity index (χ2v) is 5.53. The zero-order chi connectivity index (χ0) is 15.7. The molecule has 0 aromatic heterocycles. The summed E-state index contributed by atoms with van der Waals surface area (Å²) in [6.45, 7) is 3.54. The summed E-state index contributed by atoms with van der Waals surface area (Å²) in [5.41, 5.74) is 3.50. The molecule has 3 rings (SSSR count). The van der Waals surface area contributed by atoms with Crippen molar-refractivity contribution in [2.45, 2.75) is 26.3 Å². The van der Waals surface area contributed by atoms with Crippen molar-refractivity contribution in [2.24, 2.45) is 0 Å². The summed E-state index contributed by atoms with van der Waals surface area (Å²) in [7, 11) is 0. The number of carbonyl (C=O) groups is 2. The zero-order valence-electron chi connectivity index (χ0n) is 12.7. The van der Waals surface area contributed by atoms with Gasteiger partial charge in [0, 0.05) is 6.92 Å². The Bertz CT molecular complexity index is 739. The summed E-state index contributed by atoms with van der Waals surface area (Å²) in [6, 6.07) is 15.0. The van der Waals surface area contributed by atoms with Crippen molar-refractivity contribution < 1.29 is 9.59 Å². The Morgan fingerprint density at radius 1 is 1.14 bits per heavy atom. The molecule has 0 fully saturated rings. The Balaban J connectivity index is 2.18. The van der Waals surface area contributed by atoms with Crippen molar-refractivity contribution in [3.8, 4) is 0 Å². The number of rotatable bonds is 1. The molecular weight excluding hydrogens is 276 g/mol. The number of nitrogens with zero attached hydrogens (tertiary/aromatic N) is 1. The average Bonchev–Trinajstić information content (AvgIpc) is 2.63. The third-order valence-corrected chi connectivity index (χ3v) is 4.01. The number of anilines is 2. The molecule has 0 unspecified atom stereocenters. The SMILES string of the molecule is CC(=O)N1c2ccccc2NC(=O)C[C@H]1c1ccccc1C. The third-order valence-electron chi connectivity index (χ3n) is 4.01. The quantitative estimate of drug-likeness (QED) is 0.876. The van der Waals surface area contributed by atoms with E-state index in [4.69, 9.17) is 0 Å². The summed E-state index contributed by atoms with van der Waals surface area (Å²) in [5.74, 6) is -0.151. The van der Waals surface area contributed by atoms with E-state index in [1.165, 1.54) is 6.92 Å². The van der Waals surface area contributed by atoms with E-state index in [1.54, 1.807) is 4.90 Å². The van der Waals surface area contributed by atoms with Crippen LogP contribution < -0.4 is 10.2 Å². The fourth-order valence-electron chi connectivity index (χ4n) is 3.02. The Morgan fingerprint density at radius 3 is 2.55 bits per heavy atom. The minimum absolute atomic E-state index is 0.0720. The van der Waals surface area contributed by atoms with E-state index in [-0.39, 0.29) is 24.3 Å². The molecular formula is C18H18N2O2. The molecule has 2 aromatic carbocycles. The molecule has 1 heterocycles. The van der Waals surface area contributed by atoms with E-state index in [0.717, 1.165) is 16.8 Å². The van der Waals surface area contributed by atoms with Crippen molar-refractivity contribution in [3.05, 3.63) is 59.7 Å². The molecule has 0 aliphatic carbocycles. The highest BCUT2D eigenvalue weighted by molar-refractivity contribution is 6.03. The van der Waals surface area contributed by atoms with Crippen molar-refractivity contribution in [1.29, 1.82) is 0 Å². The largest absolute Gasteiger partial charge is 0.324 e. The number of amides is 2. The third kappa shape index (κ3) is 2.48. The fourth-order valence-corrected chi connectivity index (χ4v) is 3.02. The second kappa shape index (κ2) is 5.64. The van der Waals surface area contributed by atoms with E-state index in [9.17, 15) is 9.59 Å². The highest BCUT2D eigenvalue weighted by Crippen LogP contribution is 2.38. The van der Waals surface area contributed by atoms with Crippen LogP contribution in [0.25, 0.3) is 0 Å². The van der Waals surface area contributed by atoms with Crippen LogP contribution in [0.5, 0.6) is 0 Å². The van der Waals surface area contributed by atoms with E-state index in [2.05, 4.69) is 5.32 Å². The van der Waals surface area contributed by atoms with Crippen LogP contribution >= 0.6 is 0 Å². The van der Waals surface area contributed by atoms with Crippen LogP contribution in [0.1, 0.15) is 30.5 Å². The first-order valence-corrected chi connectivity index (χ1v) is 7.32. The Hall–Kier alpha value is -2.62. The van der Waals surface area contributed by atoms with Gasteiger partial charge in [-0.3, -0.25) is 9.59 Å². The van der Waals surface area contributed by atoms with E-state index < -0.39 is 0 Å². The molecule has 1 aliphatic heterocycles. The normalized spacial score (nSPS) is 17.5. The van der Waals surface area contributed by atoms with E-state index in [0.29, 0.717) is 5.69 Å². The standard InChI is InChI=1S/C18H18N2O2/c1-12-7-3-4-8-14(12)17-11-18(22)19-15-9-5-6-10-16(15)20(17)13(2)21/h3-10,17H,11H2,1-2H3,(H,19,22)/t17-/m0/s1. The van der Waals surface area contributed by atoms with Crippen LogP contribution in [-0.4, -0.2) is 11.8 Å². The number of hydrogen-bond acceptors (Lipinski definition) is 2. The van der Waals surface area contributed by atoms with Gasteiger partial charge >= 0.3 is 0 Å². The smallest absolute Gasteiger partial charge is 0.226 e. The van der Waals surface area contributed by atoms with Crippen LogP contribution in [-0.2, 0) is 9.59 Å². The van der Waals surface area contributed by atoms with Crippen LogP contribution in [0.3, 0.4) is 0 Å². The van der Waals surface area contributed by atoms with E-state index >= 15 is 0 Å². The topological polar surface area (TPSA) is 49.4 Å². The van der Waals surface area contributed by atoms with Crippen molar-refractivity contribution >= 4 is 23.2 Å². The fraction of sp³-hybridized carbons (Fsp3) is 0.222. The highest BCUT2D eigenvalue weighted by atomic mass is 16.2. The lowest BCUT2D eigenvalue weighted by Crippen LogP contribution is -2.33. The van der Waals surface area contributed by atoms with Crippen molar-refractivity contribution in [1.82, 2.24) is 0 Å². The maximum Gasteiger partial charge on any atom is 0.226 e. The first kappa shape index (κ1) is 14.3. The number of para-hydroxylation sites is 2. The van der Waals surface area contributed by atoms with Crippen LogP contribution in [0.4, 0.5) is 11.4 Å². The molecule has 0 spiro atoms. The molecule has 4 heteroatoms. The monoisotopic (exact) mass is 294 g/mol. The van der Waals surface area contributed by atoms with Gasteiger partial charge in [-0.1, -0.05) is 36.4 Å². The molecule has 0 bridgehead atoms. The van der Waals surface area contributed by atoms with Gasteiger partial charge in [0.2, 0.25) is 11.8 Å². The second-order valence-electron chi connectivity index (χ2n) is 5.53. The molecule has 0 saturated carbocycles. The Morgan fingerprint density at radius 2 is 1.82 bits per heavy atom. The van der Waals surface area contributed by atoms with Gasteiger partial charge in [-0.05, 0) is 30.2 Å². The Labute approximate surface area is 129 Å². The van der Waals surface area contributed by atoms with Gasteiger partial charge < -0.3 is 10.2 Å². The van der Waals surface area contributed by atoms with Gasteiger partial charge in [-0.15, -0.1) is 0 Å². The molecule has 2 aromatic rings. The van der Waals surface area contributed by atoms with Crippen LogP contribution in [0, 0.1) is 6.92 Å². The summed E-state index contributed by atoms with van der Waals surface area (Å²) in [4.78, 5) is 26.3. The van der Waals surface area contributed by atoms with Gasteiger partial charge in [0.1, 0.15) is 0 Å². The molecule has 1 N–H and O–H groups in total. The summed E-state index contributed by atoms with van der Waals surface area (Å²) in [5, 5.41) is 2.89. The number of nitrogens with one attached hydrogen (secondary N) is 1. The van der Waals surface area contributed by atoms with E-state index in [1.807, 2.05) is 55.5 Å². The summed E-state index contributed by atoms with van der Waals surface area (Å²) in [6.07, 6.45) is 0.249. The summed E-state index contributed by atoms with van der Waals surface area (Å²) < 4.78 is 0. The lowest BCUT2D eigenvalue weighted by Gasteiger charge is -2.30. The first-order chi connectivity index (χ1) is 10.6. The lowest BCUT2D eigenvalue weighted by molar-refractivity contribution is -0.118. The van der Waals surface area contributed by atoms with Gasteiger partial charge in [-0.25, -0.2) is 0 Å². The maximum atomic E-state index is 12.3. The molecule has 0 saturated heterocycles. The molecule has 22 heavy (non-hydrogen) atoms. The molecule has 0 radical (unpaired) electrons. The zero-order valence-corrected chi connectivity index (χ0v) is 12.7. The number of aryl methyl sites for hydroxylation is 1. The van der Waals surface area contributed by atoms with Crippen LogP contribution in [0.15, 0.2) is 48.5 Å². The van der Waals surface area contributed by atoms with Gasteiger partial charge in [0.05, 0.1) is 23.8 Å². The average molecular weight is 294 g/mol. The predicted molar refractivity (Wildman–Crippen MR) is 86.8 cm³/mol. The minimum Gasteiger partial charge on any atom is -0.324 e. The van der Waals surface area contributed by atoms with Gasteiger partial charge in [0.15, 0.2) is 0 Å². The number of hydrogen-bond donors (Lipinski definition) is 1. The lowest BCUT2D eigenvalue weighted by atomic mass is 9.97. The number of benzene rings is 2. The molecule has 1 aliphatic rings. The maximum absolute atomic E-state index is 12.3. The predicted octanol–water partition coefficient (Wildman–Crippen LogP) is 3.43. The molecule has 4 nitrogen and oxygen atoms in total. The summed E-state index contributed by atoms with van der Waals surface area (Å²) >= 11 is 0. The molecule has 112 valence electrons. The number of fused-ring (bicyclic) bond motifs is 1. The minimum atomic E-state index is -0.289.